The normalized spacial score (nSPS) is 11.8. The molecule has 0 bridgehead atoms. The van der Waals surface area contributed by atoms with Gasteiger partial charge in [-0.2, -0.15) is 8.78 Å². The molecule has 0 aromatic heterocycles. The summed E-state index contributed by atoms with van der Waals surface area (Å²) in [4.78, 5) is 0. The van der Waals surface area contributed by atoms with Crippen molar-refractivity contribution in [3.8, 4) is 0 Å². The fourth-order valence-electron chi connectivity index (χ4n) is 0.729. The van der Waals surface area contributed by atoms with E-state index in [-0.39, 0.29) is 12.1 Å². The van der Waals surface area contributed by atoms with Gasteiger partial charge in [0.25, 0.3) is 0 Å². The van der Waals surface area contributed by atoms with E-state index in [0.29, 0.717) is 0 Å². The molecule has 1 nitrogen and oxygen atoms in total. The molecule has 1 rings (SSSR count). The first-order valence-corrected chi connectivity index (χ1v) is 3.07. The van der Waals surface area contributed by atoms with Crippen molar-refractivity contribution in [1.82, 2.24) is 0 Å². The fourth-order valence-corrected chi connectivity index (χ4v) is 0.729. The molecular weight excluding hydrogens is 195 g/mol. The molecule has 0 aliphatic carbocycles. The van der Waals surface area contributed by atoms with Crippen LogP contribution in [0.4, 0.5) is 22.0 Å². The van der Waals surface area contributed by atoms with E-state index in [1.54, 1.807) is 0 Å². The fraction of sp³-hybridized carbons (Fsp3) is 0.143. The van der Waals surface area contributed by atoms with Gasteiger partial charge < -0.3 is 5.11 Å². The van der Waals surface area contributed by atoms with E-state index in [4.69, 9.17) is 5.11 Å². The minimum Gasteiger partial charge on any atom is -0.332 e. The van der Waals surface area contributed by atoms with Gasteiger partial charge in [0.2, 0.25) is 0 Å². The third-order valence-electron chi connectivity index (χ3n) is 1.33. The Bertz CT molecular complexity index is 307. The Hall–Kier alpha value is -1.17. The zero-order valence-electron chi connectivity index (χ0n) is 5.99. The molecule has 0 atom stereocenters. The van der Waals surface area contributed by atoms with E-state index in [2.05, 4.69) is 0 Å². The van der Waals surface area contributed by atoms with E-state index in [1.165, 1.54) is 0 Å². The molecule has 0 spiro atoms. The third-order valence-corrected chi connectivity index (χ3v) is 1.33. The predicted molar refractivity (Wildman–Crippen MR) is 32.4 cm³/mol. The molecule has 1 aromatic rings. The molecule has 1 aromatic carbocycles. The van der Waals surface area contributed by atoms with Crippen molar-refractivity contribution in [2.75, 3.05) is 0 Å². The van der Waals surface area contributed by atoms with Crippen molar-refractivity contribution in [2.24, 2.45) is 0 Å². The molecule has 1 N–H and O–H groups in total. The lowest BCUT2D eigenvalue weighted by atomic mass is 10.2. The monoisotopic (exact) mass is 198 g/mol. The second-order valence-electron chi connectivity index (χ2n) is 2.30. The number of hydrogen-bond acceptors (Lipinski definition) is 1. The average Bonchev–Trinajstić information content (AvgIpc) is 1.97. The predicted octanol–water partition coefficient (Wildman–Crippen LogP) is 2.15. The molecule has 0 aliphatic heterocycles. The van der Waals surface area contributed by atoms with Crippen LogP contribution in [0.1, 0.15) is 5.56 Å². The van der Waals surface area contributed by atoms with Crippen LogP contribution in [0.25, 0.3) is 0 Å². The molecule has 0 heterocycles. The molecular formula is C7H3F5O. The minimum absolute atomic E-state index is 0.0262. The summed E-state index contributed by atoms with van der Waals surface area (Å²) in [7, 11) is 0. The molecule has 0 saturated heterocycles. The molecule has 72 valence electrons. The molecule has 0 radical (unpaired) electrons. The summed E-state index contributed by atoms with van der Waals surface area (Å²) in [5, 5.41) is 8.04. The summed E-state index contributed by atoms with van der Waals surface area (Å²) in [6.07, 6.45) is -4.38. The van der Waals surface area contributed by atoms with Crippen LogP contribution in [0.15, 0.2) is 12.1 Å². The Morgan fingerprint density at radius 1 is 1.00 bits per heavy atom. The summed E-state index contributed by atoms with van der Waals surface area (Å²) in [5.41, 5.74) is -1.33. The molecule has 0 aliphatic rings. The first-order chi connectivity index (χ1) is 5.82. The topological polar surface area (TPSA) is 20.2 Å². The summed E-state index contributed by atoms with van der Waals surface area (Å²) in [6, 6.07) is 0.0524. The van der Waals surface area contributed by atoms with Crippen molar-refractivity contribution >= 4 is 0 Å². The lowest BCUT2D eigenvalue weighted by Crippen LogP contribution is -2.13. The molecule has 6 heteroatoms. The van der Waals surface area contributed by atoms with E-state index in [9.17, 15) is 22.0 Å². The first-order valence-electron chi connectivity index (χ1n) is 3.07. The molecule has 0 unspecified atom stereocenters. The highest BCUT2D eigenvalue weighted by atomic mass is 19.3. The van der Waals surface area contributed by atoms with Gasteiger partial charge >= 0.3 is 6.11 Å². The maximum atomic E-state index is 12.3. The summed E-state index contributed by atoms with van der Waals surface area (Å²) in [5.74, 6) is -5.40. The molecule has 13 heavy (non-hydrogen) atoms. The summed E-state index contributed by atoms with van der Waals surface area (Å²) in [6.45, 7) is 0. The lowest BCUT2D eigenvalue weighted by molar-refractivity contribution is -0.209. The number of alkyl halides is 2. The molecule has 0 amide bonds. The summed E-state index contributed by atoms with van der Waals surface area (Å²) < 4.78 is 60.9. The highest BCUT2D eigenvalue weighted by Gasteiger charge is 2.30. The smallest absolute Gasteiger partial charge is 0.332 e. The van der Waals surface area contributed by atoms with Crippen LogP contribution in [0, 0.1) is 17.5 Å². The number of hydrogen-bond donors (Lipinski definition) is 1. The molecule has 0 fully saturated rings. The van der Waals surface area contributed by atoms with Crippen molar-refractivity contribution in [3.63, 3.8) is 0 Å². The van der Waals surface area contributed by atoms with Gasteiger partial charge in [0, 0.05) is 0 Å². The number of aliphatic hydroxyl groups is 1. The minimum atomic E-state index is -4.38. The van der Waals surface area contributed by atoms with Gasteiger partial charge in [-0.3, -0.25) is 0 Å². The maximum absolute atomic E-state index is 12.3. The largest absolute Gasteiger partial charge is 0.381 e. The van der Waals surface area contributed by atoms with Gasteiger partial charge in [-0.1, -0.05) is 0 Å². The zero-order valence-corrected chi connectivity index (χ0v) is 5.99. The standard InChI is InChI=1S/C7H3F5O/c8-4-1-3(7(11,12)13)2-5(9)6(4)10/h1-2,13H. The van der Waals surface area contributed by atoms with E-state index in [0.717, 1.165) is 0 Å². The van der Waals surface area contributed by atoms with Gasteiger partial charge in [-0.25, -0.2) is 13.2 Å². The Morgan fingerprint density at radius 2 is 1.38 bits per heavy atom. The first kappa shape index (κ1) is 9.91. The second-order valence-corrected chi connectivity index (χ2v) is 2.30. The zero-order chi connectivity index (χ0) is 10.2. The van der Waals surface area contributed by atoms with Gasteiger partial charge in [-0.15, -0.1) is 0 Å². The Labute approximate surface area is 69.4 Å². The van der Waals surface area contributed by atoms with E-state index < -0.39 is 29.1 Å². The highest BCUT2D eigenvalue weighted by molar-refractivity contribution is 5.21. The van der Waals surface area contributed by atoms with Gasteiger partial charge in [-0.05, 0) is 12.1 Å². The highest BCUT2D eigenvalue weighted by Crippen LogP contribution is 2.26. The average molecular weight is 198 g/mol. The van der Waals surface area contributed by atoms with E-state index in [1.807, 2.05) is 0 Å². The molecule has 0 saturated carbocycles. The van der Waals surface area contributed by atoms with Crippen molar-refractivity contribution < 1.29 is 27.1 Å². The Balaban J connectivity index is 3.29. The van der Waals surface area contributed by atoms with Crippen LogP contribution in [0.2, 0.25) is 0 Å². The van der Waals surface area contributed by atoms with Crippen molar-refractivity contribution in [1.29, 1.82) is 0 Å². The maximum Gasteiger partial charge on any atom is 0.381 e. The van der Waals surface area contributed by atoms with Crippen molar-refractivity contribution in [2.45, 2.75) is 6.11 Å². The number of benzene rings is 1. The lowest BCUT2D eigenvalue weighted by Gasteiger charge is -2.08. The SMILES string of the molecule is OC(F)(F)c1cc(F)c(F)c(F)c1. The van der Waals surface area contributed by atoms with Crippen LogP contribution in [0.3, 0.4) is 0 Å². The van der Waals surface area contributed by atoms with Crippen LogP contribution in [0.5, 0.6) is 0 Å². The van der Waals surface area contributed by atoms with Crippen LogP contribution < -0.4 is 0 Å². The third kappa shape index (κ3) is 1.95. The summed E-state index contributed by atoms with van der Waals surface area (Å²) >= 11 is 0. The van der Waals surface area contributed by atoms with E-state index >= 15 is 0 Å². The van der Waals surface area contributed by atoms with Crippen molar-refractivity contribution in [3.05, 3.63) is 35.1 Å². The van der Waals surface area contributed by atoms with Gasteiger partial charge in [0.1, 0.15) is 0 Å². The number of rotatable bonds is 1. The Morgan fingerprint density at radius 3 is 1.69 bits per heavy atom. The van der Waals surface area contributed by atoms with Crippen LogP contribution in [-0.4, -0.2) is 5.11 Å². The number of halogens is 5. The van der Waals surface area contributed by atoms with Crippen LogP contribution in [-0.2, 0) is 6.11 Å². The van der Waals surface area contributed by atoms with Crippen LogP contribution >= 0.6 is 0 Å². The Kier molecular flexibility index (Phi) is 2.25. The second kappa shape index (κ2) is 2.95. The quantitative estimate of drug-likeness (QED) is 0.541. The van der Waals surface area contributed by atoms with Gasteiger partial charge in [0.05, 0.1) is 5.56 Å². The van der Waals surface area contributed by atoms with Gasteiger partial charge in [0.15, 0.2) is 17.5 Å².